The molecule has 1 spiro atoms. The van der Waals surface area contributed by atoms with Gasteiger partial charge in [-0.2, -0.15) is 0 Å². The molecule has 3 aliphatic heterocycles. The first-order valence-corrected chi connectivity index (χ1v) is 13.6. The molecule has 0 aromatic heterocycles. The third-order valence-corrected chi connectivity index (χ3v) is 10.7. The third kappa shape index (κ3) is 3.88. The number of hydrogen-bond acceptors (Lipinski definition) is 8. The average Bonchev–Trinajstić information content (AvgIpc) is 3.28. The monoisotopic (exact) mass is 459 g/mol. The molecule has 0 bridgehead atoms. The summed E-state index contributed by atoms with van der Waals surface area (Å²) in [7, 11) is -5.97. The Balaban J connectivity index is 1.65. The van der Waals surface area contributed by atoms with Gasteiger partial charge in [-0.3, -0.25) is 4.90 Å². The first-order valence-electron chi connectivity index (χ1n) is 10.2. The Bertz CT molecular complexity index is 1020. The summed E-state index contributed by atoms with van der Waals surface area (Å²) in [5.74, 6) is -0.866. The van der Waals surface area contributed by atoms with E-state index in [1.807, 2.05) is 18.7 Å². The Morgan fingerprint density at radius 3 is 2.27 bits per heavy atom. The van der Waals surface area contributed by atoms with Gasteiger partial charge in [-0.15, -0.1) is 0 Å². The van der Waals surface area contributed by atoms with E-state index in [0.717, 1.165) is 11.1 Å². The highest BCUT2D eigenvalue weighted by Crippen LogP contribution is 2.38. The first-order chi connectivity index (χ1) is 14.1. The molecule has 30 heavy (non-hydrogen) atoms. The molecule has 0 amide bonds. The number of ether oxygens (including phenoxy) is 3. The van der Waals surface area contributed by atoms with Gasteiger partial charge in [0.25, 0.3) is 0 Å². The van der Waals surface area contributed by atoms with Crippen molar-refractivity contribution < 1.29 is 31.0 Å². The van der Waals surface area contributed by atoms with Crippen LogP contribution in [0.15, 0.2) is 17.0 Å². The largest absolute Gasteiger partial charge is 0.495 e. The van der Waals surface area contributed by atoms with Crippen LogP contribution in [0.4, 0.5) is 0 Å². The van der Waals surface area contributed by atoms with Crippen LogP contribution < -0.4 is 4.74 Å². The van der Waals surface area contributed by atoms with Crippen LogP contribution in [-0.4, -0.2) is 83.7 Å². The van der Waals surface area contributed by atoms with Crippen LogP contribution >= 0.6 is 0 Å². The number of methoxy groups -OCH3 is 1. The fraction of sp³-hybridized carbons (Fsp3) is 0.700. The number of piperidine rings is 1. The molecule has 0 radical (unpaired) electrons. The number of nitrogens with zero attached hydrogens (tertiary/aromatic N) is 1. The summed E-state index contributed by atoms with van der Waals surface area (Å²) in [6.45, 7) is 5.91. The summed E-state index contributed by atoms with van der Waals surface area (Å²) in [4.78, 5) is 2.05. The van der Waals surface area contributed by atoms with Gasteiger partial charge in [0.15, 0.2) is 25.5 Å². The Morgan fingerprint density at radius 1 is 1.07 bits per heavy atom. The molecular formula is C20H29NO7S2. The minimum absolute atomic E-state index is 0.0659. The summed E-state index contributed by atoms with van der Waals surface area (Å²) in [6.07, 6.45) is 1.20. The standard InChI is InChI=1S/C20H29NO7S2/c1-14-10-17(26-3)18(11-15(14)2)30(24,25)19-13-29(22,23)12-16(19)21-6-4-20(5-7-21)27-8-9-28-20/h10-11,16,19H,4-9,12-13H2,1-3H3/t16-,19-/m0/s1. The highest BCUT2D eigenvalue weighted by atomic mass is 32.2. The predicted octanol–water partition coefficient (Wildman–Crippen LogP) is 1.09. The smallest absolute Gasteiger partial charge is 0.187 e. The van der Waals surface area contributed by atoms with Crippen molar-refractivity contribution in [3.63, 3.8) is 0 Å². The highest BCUT2D eigenvalue weighted by Gasteiger charge is 2.51. The molecular weight excluding hydrogens is 430 g/mol. The zero-order valence-electron chi connectivity index (χ0n) is 17.6. The second-order valence-corrected chi connectivity index (χ2v) is 12.7. The van der Waals surface area contributed by atoms with E-state index < -0.39 is 36.8 Å². The van der Waals surface area contributed by atoms with Crippen molar-refractivity contribution >= 4 is 19.7 Å². The Kier molecular flexibility index (Phi) is 5.68. The van der Waals surface area contributed by atoms with Crippen LogP contribution in [0.2, 0.25) is 0 Å². The predicted molar refractivity (Wildman–Crippen MR) is 111 cm³/mol. The SMILES string of the molecule is COc1cc(C)c(C)cc1S(=O)(=O)[C@H]1CS(=O)(=O)C[C@@H]1N1CCC2(CC1)OCCO2. The van der Waals surface area contributed by atoms with Crippen molar-refractivity contribution in [2.24, 2.45) is 0 Å². The van der Waals surface area contributed by atoms with E-state index in [9.17, 15) is 16.8 Å². The summed E-state index contributed by atoms with van der Waals surface area (Å²) >= 11 is 0. The molecule has 1 aromatic carbocycles. The van der Waals surface area contributed by atoms with Crippen molar-refractivity contribution in [2.75, 3.05) is 44.9 Å². The van der Waals surface area contributed by atoms with Crippen molar-refractivity contribution in [2.45, 2.75) is 48.7 Å². The minimum atomic E-state index is -3.93. The van der Waals surface area contributed by atoms with Gasteiger partial charge in [-0.25, -0.2) is 16.8 Å². The summed E-state index contributed by atoms with van der Waals surface area (Å²) in [5, 5.41) is -1.03. The van der Waals surface area contributed by atoms with Crippen molar-refractivity contribution in [3.05, 3.63) is 23.3 Å². The van der Waals surface area contributed by atoms with Crippen LogP contribution in [0.3, 0.4) is 0 Å². The van der Waals surface area contributed by atoms with E-state index in [-0.39, 0.29) is 22.2 Å². The van der Waals surface area contributed by atoms with Crippen molar-refractivity contribution in [3.8, 4) is 5.75 Å². The van der Waals surface area contributed by atoms with Gasteiger partial charge in [0, 0.05) is 32.0 Å². The van der Waals surface area contributed by atoms with E-state index in [0.29, 0.717) is 39.1 Å². The van der Waals surface area contributed by atoms with Gasteiger partial charge >= 0.3 is 0 Å². The molecule has 10 heteroatoms. The molecule has 8 nitrogen and oxygen atoms in total. The van der Waals surface area contributed by atoms with Crippen LogP contribution in [0.25, 0.3) is 0 Å². The molecule has 168 valence electrons. The molecule has 3 heterocycles. The number of aryl methyl sites for hydroxylation is 2. The van der Waals surface area contributed by atoms with E-state index in [1.54, 1.807) is 12.1 Å². The molecule has 3 fully saturated rings. The van der Waals surface area contributed by atoms with Crippen LogP contribution in [0.1, 0.15) is 24.0 Å². The average molecular weight is 460 g/mol. The van der Waals surface area contributed by atoms with E-state index in [1.165, 1.54) is 7.11 Å². The maximum absolute atomic E-state index is 13.6. The Morgan fingerprint density at radius 2 is 1.67 bits per heavy atom. The second kappa shape index (κ2) is 7.74. The highest BCUT2D eigenvalue weighted by molar-refractivity contribution is 7.96. The number of rotatable bonds is 4. The lowest BCUT2D eigenvalue weighted by Crippen LogP contribution is -2.53. The minimum Gasteiger partial charge on any atom is -0.495 e. The van der Waals surface area contributed by atoms with E-state index in [2.05, 4.69) is 0 Å². The normalized spacial score (nSPS) is 28.8. The molecule has 3 aliphatic rings. The number of benzene rings is 1. The zero-order valence-corrected chi connectivity index (χ0v) is 19.2. The molecule has 0 saturated carbocycles. The van der Waals surface area contributed by atoms with Crippen molar-refractivity contribution in [1.29, 1.82) is 0 Å². The summed E-state index contributed by atoms with van der Waals surface area (Å²) in [5.41, 5.74) is 1.74. The molecule has 0 aliphatic carbocycles. The molecule has 3 saturated heterocycles. The Hall–Kier alpha value is -1.20. The number of likely N-dealkylation sites (tertiary alicyclic amines) is 1. The Labute approximate surface area is 178 Å². The zero-order chi connectivity index (χ0) is 21.7. The second-order valence-electron chi connectivity index (χ2n) is 8.46. The lowest BCUT2D eigenvalue weighted by atomic mass is 10.0. The lowest BCUT2D eigenvalue weighted by Gasteiger charge is -2.41. The maximum Gasteiger partial charge on any atom is 0.187 e. The quantitative estimate of drug-likeness (QED) is 0.660. The van der Waals surface area contributed by atoms with Gasteiger partial charge < -0.3 is 14.2 Å². The number of hydrogen-bond donors (Lipinski definition) is 0. The van der Waals surface area contributed by atoms with Crippen LogP contribution in [-0.2, 0) is 29.1 Å². The van der Waals surface area contributed by atoms with Crippen LogP contribution in [0.5, 0.6) is 5.75 Å². The van der Waals surface area contributed by atoms with E-state index in [4.69, 9.17) is 14.2 Å². The van der Waals surface area contributed by atoms with Gasteiger partial charge in [-0.05, 0) is 37.1 Å². The first kappa shape index (κ1) is 22.0. The topological polar surface area (TPSA) is 99.2 Å². The van der Waals surface area contributed by atoms with Gasteiger partial charge in [0.2, 0.25) is 0 Å². The molecule has 2 atom stereocenters. The van der Waals surface area contributed by atoms with E-state index >= 15 is 0 Å². The van der Waals surface area contributed by atoms with Crippen LogP contribution in [0, 0.1) is 13.8 Å². The molecule has 1 aromatic rings. The van der Waals surface area contributed by atoms with Crippen molar-refractivity contribution in [1.82, 2.24) is 4.90 Å². The van der Waals surface area contributed by atoms with Gasteiger partial charge in [-0.1, -0.05) is 0 Å². The van der Waals surface area contributed by atoms with Gasteiger partial charge in [0.05, 0.1) is 37.1 Å². The fourth-order valence-electron chi connectivity index (χ4n) is 4.72. The molecule has 4 rings (SSSR count). The molecule has 0 unspecified atom stereocenters. The number of sulfone groups is 2. The summed E-state index contributed by atoms with van der Waals surface area (Å²) in [6, 6.07) is 2.70. The maximum atomic E-state index is 13.6. The molecule has 0 N–H and O–H groups in total. The lowest BCUT2D eigenvalue weighted by molar-refractivity contribution is -0.187. The fourth-order valence-corrected chi connectivity index (χ4v) is 9.78. The van der Waals surface area contributed by atoms with Gasteiger partial charge in [0.1, 0.15) is 10.6 Å². The summed E-state index contributed by atoms with van der Waals surface area (Å²) < 4.78 is 69.2. The third-order valence-electron chi connectivity index (χ3n) is 6.60.